The summed E-state index contributed by atoms with van der Waals surface area (Å²) in [6.45, 7) is 5.81. The minimum atomic E-state index is -0.214. The number of pyridine rings is 1. The molecule has 2 heterocycles. The maximum atomic E-state index is 13.1. The van der Waals surface area contributed by atoms with Crippen molar-refractivity contribution in [3.05, 3.63) is 95.9 Å². The number of amides is 1. The number of para-hydroxylation sites is 1. The minimum absolute atomic E-state index is 0.214. The first-order valence-electron chi connectivity index (χ1n) is 11.5. The SMILES string of the molecule is COc1c(/C(C)=C/C(=O)Nc2cc(C)nc3ccccc23)cc2c(-c3ccccc3)coc2c1C. The van der Waals surface area contributed by atoms with Crippen LogP contribution in [0.2, 0.25) is 0 Å². The monoisotopic (exact) mass is 462 g/mol. The van der Waals surface area contributed by atoms with E-state index in [1.165, 1.54) is 0 Å². The molecule has 0 saturated heterocycles. The van der Waals surface area contributed by atoms with E-state index in [0.717, 1.165) is 61.1 Å². The molecular weight excluding hydrogens is 436 g/mol. The van der Waals surface area contributed by atoms with Gasteiger partial charge >= 0.3 is 0 Å². The van der Waals surface area contributed by atoms with Crippen molar-refractivity contribution >= 4 is 39.0 Å². The zero-order valence-electron chi connectivity index (χ0n) is 20.2. The Morgan fingerprint density at radius 1 is 1.00 bits per heavy atom. The highest BCUT2D eigenvalue weighted by molar-refractivity contribution is 6.09. The highest BCUT2D eigenvalue weighted by atomic mass is 16.5. The van der Waals surface area contributed by atoms with Crippen molar-refractivity contribution in [3.8, 4) is 16.9 Å². The molecule has 0 aliphatic rings. The van der Waals surface area contributed by atoms with E-state index in [4.69, 9.17) is 9.15 Å². The first-order chi connectivity index (χ1) is 17.0. The maximum absolute atomic E-state index is 13.1. The fourth-order valence-corrected chi connectivity index (χ4v) is 4.57. The van der Waals surface area contributed by atoms with Crippen LogP contribution >= 0.6 is 0 Å². The average molecular weight is 463 g/mol. The Morgan fingerprint density at radius 3 is 2.51 bits per heavy atom. The number of furan rings is 1. The molecule has 0 unspecified atom stereocenters. The highest BCUT2D eigenvalue weighted by Crippen LogP contribution is 2.40. The Morgan fingerprint density at radius 2 is 1.74 bits per heavy atom. The lowest BCUT2D eigenvalue weighted by Gasteiger charge is -2.14. The van der Waals surface area contributed by atoms with Gasteiger partial charge in [0, 0.05) is 39.2 Å². The van der Waals surface area contributed by atoms with Crippen molar-refractivity contribution in [1.82, 2.24) is 4.98 Å². The van der Waals surface area contributed by atoms with Crippen molar-refractivity contribution in [2.45, 2.75) is 20.8 Å². The molecule has 5 rings (SSSR count). The van der Waals surface area contributed by atoms with Crippen LogP contribution in [0.3, 0.4) is 0 Å². The summed E-state index contributed by atoms with van der Waals surface area (Å²) in [4.78, 5) is 17.6. The minimum Gasteiger partial charge on any atom is -0.496 e. The van der Waals surface area contributed by atoms with Crippen LogP contribution in [0.1, 0.15) is 23.7 Å². The molecule has 0 atom stereocenters. The number of fused-ring (bicyclic) bond motifs is 2. The van der Waals surface area contributed by atoms with E-state index in [2.05, 4.69) is 22.4 Å². The second-order valence-electron chi connectivity index (χ2n) is 8.62. The average Bonchev–Trinajstić information content (AvgIpc) is 3.28. The Bertz CT molecular complexity index is 1600. The van der Waals surface area contributed by atoms with Crippen LogP contribution in [0.15, 0.2) is 83.5 Å². The van der Waals surface area contributed by atoms with E-state index >= 15 is 0 Å². The molecule has 5 nitrogen and oxygen atoms in total. The number of aromatic nitrogens is 1. The van der Waals surface area contributed by atoms with E-state index in [0.29, 0.717) is 5.75 Å². The Balaban J connectivity index is 1.55. The molecule has 0 fully saturated rings. The number of rotatable bonds is 5. The molecule has 0 saturated carbocycles. The van der Waals surface area contributed by atoms with Crippen LogP contribution in [-0.4, -0.2) is 18.0 Å². The van der Waals surface area contributed by atoms with Crippen LogP contribution in [0, 0.1) is 13.8 Å². The Hall–Kier alpha value is -4.38. The van der Waals surface area contributed by atoms with Gasteiger partial charge < -0.3 is 14.5 Å². The predicted octanol–water partition coefficient (Wildman–Crippen LogP) is 7.32. The second-order valence-corrected chi connectivity index (χ2v) is 8.62. The normalized spacial score (nSPS) is 11.7. The van der Waals surface area contributed by atoms with Crippen molar-refractivity contribution < 1.29 is 13.9 Å². The van der Waals surface area contributed by atoms with Gasteiger partial charge in [-0.15, -0.1) is 0 Å². The van der Waals surface area contributed by atoms with Gasteiger partial charge in [-0.1, -0.05) is 48.5 Å². The number of nitrogens with one attached hydrogen (secondary N) is 1. The number of allylic oxidation sites excluding steroid dienone is 1. The predicted molar refractivity (Wildman–Crippen MR) is 142 cm³/mol. The van der Waals surface area contributed by atoms with E-state index in [9.17, 15) is 4.79 Å². The van der Waals surface area contributed by atoms with Crippen LogP contribution in [-0.2, 0) is 4.79 Å². The van der Waals surface area contributed by atoms with Gasteiger partial charge in [0.05, 0.1) is 24.6 Å². The standard InChI is InChI=1S/C30H26N2O3/c1-18(14-28(33)32-27-15-19(2)31-26-13-9-8-12-22(26)27)23-16-24-25(21-10-6-5-7-11-21)17-35-30(24)20(3)29(23)34-4/h5-17H,1-4H3,(H,31,32,33)/b18-14+. The summed E-state index contributed by atoms with van der Waals surface area (Å²) in [7, 11) is 1.64. The molecular formula is C30H26N2O3. The van der Waals surface area contributed by atoms with E-state index < -0.39 is 0 Å². The molecule has 0 aliphatic heterocycles. The van der Waals surface area contributed by atoms with Crippen LogP contribution < -0.4 is 10.1 Å². The van der Waals surface area contributed by atoms with Crippen LogP contribution in [0.25, 0.3) is 38.6 Å². The highest BCUT2D eigenvalue weighted by Gasteiger charge is 2.19. The summed E-state index contributed by atoms with van der Waals surface area (Å²) in [5.41, 5.74) is 7.82. The molecule has 35 heavy (non-hydrogen) atoms. The topological polar surface area (TPSA) is 64.4 Å². The Labute approximate surface area is 204 Å². The number of aryl methyl sites for hydroxylation is 2. The number of hydrogen-bond acceptors (Lipinski definition) is 4. The van der Waals surface area contributed by atoms with E-state index in [-0.39, 0.29) is 5.91 Å². The second kappa shape index (κ2) is 9.11. The molecule has 2 aromatic heterocycles. The number of carbonyl (C=O) groups excluding carboxylic acids is 1. The lowest BCUT2D eigenvalue weighted by molar-refractivity contribution is -0.111. The zero-order valence-corrected chi connectivity index (χ0v) is 20.2. The molecule has 0 bridgehead atoms. The number of benzene rings is 3. The summed E-state index contributed by atoms with van der Waals surface area (Å²) in [5.74, 6) is 0.478. The molecule has 1 amide bonds. The maximum Gasteiger partial charge on any atom is 0.248 e. The summed E-state index contributed by atoms with van der Waals surface area (Å²) < 4.78 is 11.7. The molecule has 5 aromatic rings. The fraction of sp³-hybridized carbons (Fsp3) is 0.133. The molecule has 0 spiro atoms. The largest absolute Gasteiger partial charge is 0.496 e. The molecule has 0 aliphatic carbocycles. The van der Waals surface area contributed by atoms with Crippen molar-refractivity contribution in [3.63, 3.8) is 0 Å². The van der Waals surface area contributed by atoms with Crippen molar-refractivity contribution in [2.24, 2.45) is 0 Å². The summed E-state index contributed by atoms with van der Waals surface area (Å²) in [5, 5.41) is 4.91. The summed E-state index contributed by atoms with van der Waals surface area (Å²) >= 11 is 0. The number of methoxy groups -OCH3 is 1. The molecule has 3 aromatic carbocycles. The molecule has 0 radical (unpaired) electrons. The number of ether oxygens (including phenoxy) is 1. The smallest absolute Gasteiger partial charge is 0.248 e. The van der Waals surface area contributed by atoms with Gasteiger partial charge in [-0.2, -0.15) is 0 Å². The van der Waals surface area contributed by atoms with Gasteiger partial charge in [0.1, 0.15) is 11.3 Å². The third-order valence-electron chi connectivity index (χ3n) is 6.21. The summed E-state index contributed by atoms with van der Waals surface area (Å²) in [6.07, 6.45) is 3.38. The van der Waals surface area contributed by atoms with Crippen LogP contribution in [0.5, 0.6) is 5.75 Å². The molecule has 5 heteroatoms. The van der Waals surface area contributed by atoms with Crippen molar-refractivity contribution in [1.29, 1.82) is 0 Å². The van der Waals surface area contributed by atoms with E-state index in [1.54, 1.807) is 19.4 Å². The third-order valence-corrected chi connectivity index (χ3v) is 6.21. The first-order valence-corrected chi connectivity index (χ1v) is 11.5. The van der Waals surface area contributed by atoms with Gasteiger partial charge in [0.25, 0.3) is 0 Å². The molecule has 1 N–H and O–H groups in total. The lowest BCUT2D eigenvalue weighted by Crippen LogP contribution is -2.10. The zero-order chi connectivity index (χ0) is 24.5. The fourth-order valence-electron chi connectivity index (χ4n) is 4.57. The van der Waals surface area contributed by atoms with Gasteiger partial charge in [-0.25, -0.2) is 0 Å². The number of nitrogens with zero attached hydrogens (tertiary/aromatic N) is 1. The van der Waals surface area contributed by atoms with Gasteiger partial charge in [0.15, 0.2) is 0 Å². The van der Waals surface area contributed by atoms with Crippen LogP contribution in [0.4, 0.5) is 5.69 Å². The third kappa shape index (κ3) is 4.17. The van der Waals surface area contributed by atoms with Gasteiger partial charge in [0.2, 0.25) is 5.91 Å². The van der Waals surface area contributed by atoms with Gasteiger partial charge in [-0.05, 0) is 50.1 Å². The number of hydrogen-bond donors (Lipinski definition) is 1. The van der Waals surface area contributed by atoms with Gasteiger partial charge in [-0.3, -0.25) is 9.78 Å². The quantitative estimate of drug-likeness (QED) is 0.278. The first kappa shape index (κ1) is 22.4. The summed E-state index contributed by atoms with van der Waals surface area (Å²) in [6, 6.07) is 21.8. The number of anilines is 1. The molecule has 174 valence electrons. The Kier molecular flexibility index (Phi) is 5.83. The van der Waals surface area contributed by atoms with Crippen molar-refractivity contribution in [2.75, 3.05) is 12.4 Å². The lowest BCUT2D eigenvalue weighted by atomic mass is 9.96. The number of carbonyl (C=O) groups is 1. The van der Waals surface area contributed by atoms with E-state index in [1.807, 2.05) is 75.4 Å².